The highest BCUT2D eigenvalue weighted by Crippen LogP contribution is 2.28. The van der Waals surface area contributed by atoms with Gasteiger partial charge in [-0.05, 0) is 49.2 Å². The van der Waals surface area contributed by atoms with Crippen molar-refractivity contribution in [1.82, 2.24) is 4.98 Å². The number of anilines is 1. The fraction of sp³-hybridized carbons (Fsp3) is 0.222. The number of carbonyl (C=O) groups excluding carboxylic acids is 1. The van der Waals surface area contributed by atoms with Crippen LogP contribution >= 0.6 is 0 Å². The highest BCUT2D eigenvalue weighted by molar-refractivity contribution is 5.92. The summed E-state index contributed by atoms with van der Waals surface area (Å²) in [6.07, 6.45) is 0.450. The first-order chi connectivity index (χ1) is 10.6. The third-order valence-electron chi connectivity index (χ3n) is 3.62. The average molecular weight is 294 g/mol. The minimum atomic E-state index is -0.00607. The Morgan fingerprint density at radius 2 is 2.00 bits per heavy atom. The lowest BCUT2D eigenvalue weighted by atomic mass is 10.1. The predicted molar refractivity (Wildman–Crippen MR) is 87.8 cm³/mol. The molecule has 0 unspecified atom stereocenters. The molecule has 1 amide bonds. The van der Waals surface area contributed by atoms with Gasteiger partial charge in [0.25, 0.3) is 0 Å². The summed E-state index contributed by atoms with van der Waals surface area (Å²) in [5, 5.41) is 2.90. The molecule has 0 aliphatic rings. The van der Waals surface area contributed by atoms with Gasteiger partial charge in [0.1, 0.15) is 5.52 Å². The lowest BCUT2D eigenvalue weighted by molar-refractivity contribution is -0.115. The van der Waals surface area contributed by atoms with Gasteiger partial charge in [0.05, 0.1) is 0 Å². The van der Waals surface area contributed by atoms with E-state index < -0.39 is 0 Å². The summed E-state index contributed by atoms with van der Waals surface area (Å²) in [5.41, 5.74) is 5.41. The van der Waals surface area contributed by atoms with Gasteiger partial charge < -0.3 is 9.73 Å². The number of oxazole rings is 1. The van der Waals surface area contributed by atoms with E-state index in [1.165, 1.54) is 0 Å². The first-order valence-electron chi connectivity index (χ1n) is 7.35. The molecule has 0 aliphatic heterocycles. The highest BCUT2D eigenvalue weighted by Gasteiger charge is 2.11. The van der Waals surface area contributed by atoms with Crippen molar-refractivity contribution in [3.63, 3.8) is 0 Å². The van der Waals surface area contributed by atoms with E-state index in [1.54, 1.807) is 0 Å². The molecule has 1 N–H and O–H groups in total. The molecule has 3 rings (SSSR count). The zero-order chi connectivity index (χ0) is 15.7. The number of aromatic nitrogens is 1. The summed E-state index contributed by atoms with van der Waals surface area (Å²) < 4.78 is 5.81. The normalized spacial score (nSPS) is 10.9. The van der Waals surface area contributed by atoms with Crippen molar-refractivity contribution in [2.24, 2.45) is 0 Å². The van der Waals surface area contributed by atoms with Crippen molar-refractivity contribution < 1.29 is 9.21 Å². The van der Waals surface area contributed by atoms with Crippen LogP contribution in [0.25, 0.3) is 22.6 Å². The highest BCUT2D eigenvalue weighted by atomic mass is 16.3. The second-order valence-corrected chi connectivity index (χ2v) is 5.42. The molecule has 4 heteroatoms. The molecule has 0 bridgehead atoms. The van der Waals surface area contributed by atoms with Crippen molar-refractivity contribution in [1.29, 1.82) is 0 Å². The summed E-state index contributed by atoms with van der Waals surface area (Å²) in [6.45, 7) is 5.82. The lowest BCUT2D eigenvalue weighted by Crippen LogP contribution is -2.10. The van der Waals surface area contributed by atoms with E-state index in [-0.39, 0.29) is 5.91 Å². The van der Waals surface area contributed by atoms with Gasteiger partial charge in [0, 0.05) is 17.7 Å². The lowest BCUT2D eigenvalue weighted by Gasteiger charge is -2.08. The quantitative estimate of drug-likeness (QED) is 0.776. The number of carbonyl (C=O) groups is 1. The van der Waals surface area contributed by atoms with Crippen molar-refractivity contribution >= 4 is 22.7 Å². The van der Waals surface area contributed by atoms with Crippen molar-refractivity contribution in [2.75, 3.05) is 5.32 Å². The first-order valence-corrected chi connectivity index (χ1v) is 7.35. The number of nitrogens with one attached hydrogen (secondary N) is 1. The maximum absolute atomic E-state index is 11.6. The van der Waals surface area contributed by atoms with Crippen LogP contribution in [0.4, 0.5) is 5.69 Å². The minimum Gasteiger partial charge on any atom is -0.436 e. The summed E-state index contributed by atoms with van der Waals surface area (Å²) in [7, 11) is 0. The number of benzene rings is 2. The fourth-order valence-corrected chi connectivity index (χ4v) is 2.29. The smallest absolute Gasteiger partial charge is 0.227 e. The topological polar surface area (TPSA) is 55.1 Å². The number of rotatable bonds is 3. The maximum atomic E-state index is 11.6. The summed E-state index contributed by atoms with van der Waals surface area (Å²) >= 11 is 0. The Morgan fingerprint density at radius 3 is 2.77 bits per heavy atom. The van der Waals surface area contributed by atoms with Crippen LogP contribution in [0.2, 0.25) is 0 Å². The molecule has 4 nitrogen and oxygen atoms in total. The molecule has 22 heavy (non-hydrogen) atoms. The van der Waals surface area contributed by atoms with E-state index in [1.807, 2.05) is 57.2 Å². The van der Waals surface area contributed by atoms with E-state index in [0.29, 0.717) is 12.3 Å². The van der Waals surface area contributed by atoms with Gasteiger partial charge >= 0.3 is 0 Å². The predicted octanol–water partition coefficient (Wildman–Crippen LogP) is 4.46. The fourth-order valence-electron chi connectivity index (χ4n) is 2.29. The largest absolute Gasteiger partial charge is 0.436 e. The van der Waals surface area contributed by atoms with Crippen LogP contribution in [-0.4, -0.2) is 10.9 Å². The Hall–Kier alpha value is -2.62. The van der Waals surface area contributed by atoms with Gasteiger partial charge in [-0.1, -0.05) is 19.1 Å². The molecule has 112 valence electrons. The number of aryl methyl sites for hydroxylation is 2. The van der Waals surface area contributed by atoms with Gasteiger partial charge in [-0.15, -0.1) is 0 Å². The Balaban J connectivity index is 2.02. The Bertz CT molecular complexity index is 849. The number of nitrogens with zero attached hydrogens (tertiary/aromatic N) is 1. The van der Waals surface area contributed by atoms with Crippen LogP contribution in [0.15, 0.2) is 40.8 Å². The molecule has 3 aromatic rings. The van der Waals surface area contributed by atoms with Crippen LogP contribution in [-0.2, 0) is 4.79 Å². The molecule has 0 radical (unpaired) electrons. The molecule has 0 aliphatic carbocycles. The Kier molecular flexibility index (Phi) is 3.67. The molecule has 1 heterocycles. The molecule has 0 atom stereocenters. The number of hydrogen-bond donors (Lipinski definition) is 1. The first kappa shape index (κ1) is 14.3. The van der Waals surface area contributed by atoms with Crippen LogP contribution < -0.4 is 5.32 Å². The summed E-state index contributed by atoms with van der Waals surface area (Å²) in [5.74, 6) is 0.557. The average Bonchev–Trinajstić information content (AvgIpc) is 2.92. The van der Waals surface area contributed by atoms with Gasteiger partial charge in [0.15, 0.2) is 5.58 Å². The standard InChI is InChI=1S/C18H18N2O2/c1-4-17(21)19-14-10-13(7-6-12(14)3)18-20-15-9-11(2)5-8-16(15)22-18/h5-10H,4H2,1-3H3,(H,19,21). The van der Waals surface area contributed by atoms with Gasteiger partial charge in [0.2, 0.25) is 11.8 Å². The van der Waals surface area contributed by atoms with Crippen LogP contribution in [0.1, 0.15) is 24.5 Å². The molecule has 0 spiro atoms. The van der Waals surface area contributed by atoms with E-state index in [2.05, 4.69) is 10.3 Å². The summed E-state index contributed by atoms with van der Waals surface area (Å²) in [6, 6.07) is 11.7. The Labute approximate surface area is 129 Å². The van der Waals surface area contributed by atoms with Gasteiger partial charge in [-0.25, -0.2) is 4.98 Å². The van der Waals surface area contributed by atoms with Crippen molar-refractivity contribution in [2.45, 2.75) is 27.2 Å². The van der Waals surface area contributed by atoms with Crippen LogP contribution in [0.5, 0.6) is 0 Å². The molecular weight excluding hydrogens is 276 g/mol. The second kappa shape index (κ2) is 5.64. The zero-order valence-corrected chi connectivity index (χ0v) is 12.9. The second-order valence-electron chi connectivity index (χ2n) is 5.42. The van der Waals surface area contributed by atoms with E-state index in [0.717, 1.165) is 33.5 Å². The zero-order valence-electron chi connectivity index (χ0n) is 12.9. The van der Waals surface area contributed by atoms with Gasteiger partial charge in [-0.3, -0.25) is 4.79 Å². The number of fused-ring (bicyclic) bond motifs is 1. The Morgan fingerprint density at radius 1 is 1.18 bits per heavy atom. The van der Waals surface area contributed by atoms with Crippen molar-refractivity contribution in [3.05, 3.63) is 47.5 Å². The third kappa shape index (κ3) is 2.72. The SMILES string of the molecule is CCC(=O)Nc1cc(-c2nc3cc(C)ccc3o2)ccc1C. The van der Waals surface area contributed by atoms with Crippen molar-refractivity contribution in [3.8, 4) is 11.5 Å². The molecule has 2 aromatic carbocycles. The molecule has 0 saturated heterocycles. The summed E-state index contributed by atoms with van der Waals surface area (Å²) in [4.78, 5) is 16.1. The molecule has 1 aromatic heterocycles. The van der Waals surface area contributed by atoms with E-state index in [9.17, 15) is 4.79 Å². The van der Waals surface area contributed by atoms with Crippen LogP contribution in [0.3, 0.4) is 0 Å². The third-order valence-corrected chi connectivity index (χ3v) is 3.62. The molecule has 0 fully saturated rings. The monoisotopic (exact) mass is 294 g/mol. The molecular formula is C18H18N2O2. The van der Waals surface area contributed by atoms with Crippen LogP contribution in [0, 0.1) is 13.8 Å². The molecule has 0 saturated carbocycles. The van der Waals surface area contributed by atoms with Gasteiger partial charge in [-0.2, -0.15) is 0 Å². The number of amides is 1. The maximum Gasteiger partial charge on any atom is 0.227 e. The minimum absolute atomic E-state index is 0.00607. The van der Waals surface area contributed by atoms with E-state index >= 15 is 0 Å². The van der Waals surface area contributed by atoms with E-state index in [4.69, 9.17) is 4.42 Å². The number of hydrogen-bond acceptors (Lipinski definition) is 3.